The van der Waals surface area contributed by atoms with Crippen LogP contribution >= 0.6 is 0 Å². The van der Waals surface area contributed by atoms with Crippen LogP contribution in [0.15, 0.2) is 0 Å². The van der Waals surface area contributed by atoms with E-state index < -0.39 is 24.3 Å². The lowest BCUT2D eigenvalue weighted by Crippen LogP contribution is -2.44. The van der Waals surface area contributed by atoms with Crippen LogP contribution < -0.4 is 5.11 Å². The first-order valence-corrected chi connectivity index (χ1v) is 31.7. The number of rotatable bonds is 60. The highest BCUT2D eigenvalue weighted by atomic mass is 16.7. The molecule has 0 saturated heterocycles. The van der Waals surface area contributed by atoms with E-state index in [1.54, 1.807) is 0 Å². The number of carbonyl (C=O) groups is 3. The van der Waals surface area contributed by atoms with Gasteiger partial charge in [-0.3, -0.25) is 9.59 Å². The Morgan fingerprint density at radius 1 is 0.361 bits per heavy atom. The molecule has 0 saturated carbocycles. The molecule has 72 heavy (non-hydrogen) atoms. The van der Waals surface area contributed by atoms with Gasteiger partial charge < -0.3 is 33.3 Å². The second-order valence-corrected chi connectivity index (χ2v) is 23.1. The lowest BCUT2D eigenvalue weighted by Gasteiger charge is -2.26. The first kappa shape index (κ1) is 70.3. The molecule has 0 rings (SSSR count). The maximum atomic E-state index is 12.9. The maximum absolute atomic E-state index is 12.9. The molecule has 0 aromatic carbocycles. The molecule has 0 aliphatic rings. The fourth-order valence-electron chi connectivity index (χ4n) is 9.72. The highest BCUT2D eigenvalue weighted by molar-refractivity contribution is 5.70. The van der Waals surface area contributed by atoms with Crippen molar-refractivity contribution in [1.29, 1.82) is 0 Å². The first-order valence-electron chi connectivity index (χ1n) is 31.7. The summed E-state index contributed by atoms with van der Waals surface area (Å²) in [6.45, 7) is 4.83. The van der Waals surface area contributed by atoms with Gasteiger partial charge in [-0.15, -0.1) is 0 Å². The van der Waals surface area contributed by atoms with Crippen molar-refractivity contribution in [3.05, 3.63) is 0 Å². The molecule has 0 aromatic heterocycles. The third-order valence-corrected chi connectivity index (χ3v) is 14.6. The topological polar surface area (TPSA) is 111 Å². The number of carbonyl (C=O) groups excluding carboxylic acids is 3. The van der Waals surface area contributed by atoms with E-state index in [9.17, 15) is 19.5 Å². The molecule has 0 heterocycles. The van der Waals surface area contributed by atoms with Crippen molar-refractivity contribution in [1.82, 2.24) is 0 Å². The van der Waals surface area contributed by atoms with Crippen LogP contribution in [0.3, 0.4) is 0 Å². The van der Waals surface area contributed by atoms with E-state index in [2.05, 4.69) is 13.8 Å². The summed E-state index contributed by atoms with van der Waals surface area (Å²) in [5, 5.41) is 11.8. The average Bonchev–Trinajstić information content (AvgIpc) is 3.35. The highest BCUT2D eigenvalue weighted by Gasteiger charge is 2.22. The molecule has 0 amide bonds. The van der Waals surface area contributed by atoms with Gasteiger partial charge in [0.1, 0.15) is 13.2 Å². The Kier molecular flexibility index (Phi) is 54.2. The number of unbranched alkanes of at least 4 members (excludes halogenated alkanes) is 45. The van der Waals surface area contributed by atoms with Gasteiger partial charge in [-0.25, -0.2) is 0 Å². The second kappa shape index (κ2) is 55.5. The summed E-state index contributed by atoms with van der Waals surface area (Å²) in [5.74, 6) is -2.25. The number of hydrogen-bond acceptors (Lipinski definition) is 8. The molecule has 0 N–H and O–H groups in total. The van der Waals surface area contributed by atoms with E-state index in [1.165, 1.54) is 263 Å². The number of carboxylic acid groups (broad SMARTS) is 1. The zero-order valence-corrected chi connectivity index (χ0v) is 48.8. The predicted molar refractivity (Wildman–Crippen MR) is 302 cm³/mol. The van der Waals surface area contributed by atoms with Crippen molar-refractivity contribution in [2.45, 2.75) is 341 Å². The van der Waals surface area contributed by atoms with Crippen LogP contribution in [0.4, 0.5) is 0 Å². The molecule has 0 spiro atoms. The number of hydrogen-bond donors (Lipinski definition) is 0. The van der Waals surface area contributed by atoms with Gasteiger partial charge in [0.2, 0.25) is 0 Å². The molecule has 428 valence electrons. The largest absolute Gasteiger partial charge is 0.545 e. The van der Waals surface area contributed by atoms with Gasteiger partial charge in [-0.05, 0) is 12.8 Å². The minimum Gasteiger partial charge on any atom is -0.545 e. The smallest absolute Gasteiger partial charge is 0.306 e. The number of nitrogens with zero attached hydrogens (tertiary/aromatic N) is 1. The minimum absolute atomic E-state index is 0.153. The van der Waals surface area contributed by atoms with Crippen molar-refractivity contribution in [3.8, 4) is 0 Å². The minimum atomic E-state index is -1.61. The van der Waals surface area contributed by atoms with Gasteiger partial charge >= 0.3 is 11.9 Å². The van der Waals surface area contributed by atoms with Gasteiger partial charge in [0, 0.05) is 12.8 Å². The van der Waals surface area contributed by atoms with Crippen molar-refractivity contribution < 1.29 is 42.9 Å². The SMILES string of the molecule is CCCCCCCCCCCCCCCCCCCCCCCCCCC(=O)OC(COC(=O)CCCCCCCCCCCCCCCCCCCCCCCCC)COC(OCC[N+](C)(C)C)C(=O)[O-]. The Morgan fingerprint density at radius 3 is 0.889 bits per heavy atom. The Labute approximate surface area is 447 Å². The standard InChI is InChI=1S/C63H123NO8/c1-6-8-10-12-14-16-18-20-22-24-26-28-30-32-34-36-38-40-42-44-46-48-50-52-54-61(66)72-59(58-71-63(62(67)68)69-56-55-64(3,4)5)57-70-60(65)53-51-49-47-45-43-41-39-37-35-33-31-29-27-25-23-21-19-17-15-13-11-9-7-2/h59,63H,6-58H2,1-5H3. The zero-order valence-electron chi connectivity index (χ0n) is 48.8. The Hall–Kier alpha value is -1.71. The van der Waals surface area contributed by atoms with E-state index in [4.69, 9.17) is 18.9 Å². The van der Waals surface area contributed by atoms with E-state index in [-0.39, 0.29) is 32.2 Å². The Balaban J connectivity index is 4.13. The van der Waals surface area contributed by atoms with Crippen molar-refractivity contribution in [2.75, 3.05) is 47.5 Å². The molecule has 2 atom stereocenters. The molecule has 2 unspecified atom stereocenters. The van der Waals surface area contributed by atoms with Gasteiger partial charge in [0.15, 0.2) is 12.4 Å². The van der Waals surface area contributed by atoms with Crippen LogP contribution in [0.2, 0.25) is 0 Å². The molecule has 0 aliphatic heterocycles. The number of likely N-dealkylation sites (N-methyl/N-ethyl adjacent to an activating group) is 1. The van der Waals surface area contributed by atoms with Crippen molar-refractivity contribution >= 4 is 17.9 Å². The van der Waals surface area contributed by atoms with Crippen LogP contribution in [0.1, 0.15) is 328 Å². The number of ether oxygens (including phenoxy) is 4. The van der Waals surface area contributed by atoms with Crippen molar-refractivity contribution in [2.24, 2.45) is 0 Å². The molecule has 0 fully saturated rings. The van der Waals surface area contributed by atoms with E-state index in [0.717, 1.165) is 38.5 Å². The van der Waals surface area contributed by atoms with Gasteiger partial charge in [-0.1, -0.05) is 303 Å². The number of aliphatic carboxylic acids is 1. The molecule has 9 nitrogen and oxygen atoms in total. The summed E-state index contributed by atoms with van der Waals surface area (Å²) < 4.78 is 22.8. The predicted octanol–water partition coefficient (Wildman–Crippen LogP) is 17.4. The molecular weight excluding hydrogens is 899 g/mol. The molecular formula is C63H123NO8. The zero-order chi connectivity index (χ0) is 52.7. The van der Waals surface area contributed by atoms with Crippen LogP contribution in [-0.2, 0) is 33.3 Å². The van der Waals surface area contributed by atoms with Crippen LogP contribution in [0.25, 0.3) is 0 Å². The lowest BCUT2D eigenvalue weighted by molar-refractivity contribution is -0.870. The molecule has 0 aliphatic carbocycles. The van der Waals surface area contributed by atoms with E-state index >= 15 is 0 Å². The molecule has 9 heteroatoms. The summed E-state index contributed by atoms with van der Waals surface area (Å²) >= 11 is 0. The summed E-state index contributed by atoms with van der Waals surface area (Å²) in [4.78, 5) is 37.4. The summed E-state index contributed by atoms with van der Waals surface area (Å²) in [6, 6.07) is 0. The summed E-state index contributed by atoms with van der Waals surface area (Å²) in [6.07, 6.45) is 60.2. The number of carboxylic acids is 1. The van der Waals surface area contributed by atoms with Gasteiger partial charge in [0.05, 0.1) is 40.3 Å². The number of esters is 2. The number of quaternary nitrogens is 1. The monoisotopic (exact) mass is 1020 g/mol. The van der Waals surface area contributed by atoms with E-state index in [1.807, 2.05) is 21.1 Å². The molecule has 0 aromatic rings. The fraction of sp³-hybridized carbons (Fsp3) is 0.952. The first-order chi connectivity index (χ1) is 35.1. The van der Waals surface area contributed by atoms with Gasteiger partial charge in [-0.2, -0.15) is 0 Å². The maximum Gasteiger partial charge on any atom is 0.306 e. The van der Waals surface area contributed by atoms with Crippen LogP contribution in [0, 0.1) is 0 Å². The highest BCUT2D eigenvalue weighted by Crippen LogP contribution is 2.19. The molecule has 0 bridgehead atoms. The third kappa shape index (κ3) is 56.0. The van der Waals surface area contributed by atoms with Crippen LogP contribution in [0.5, 0.6) is 0 Å². The lowest BCUT2D eigenvalue weighted by atomic mass is 10.0. The third-order valence-electron chi connectivity index (χ3n) is 14.6. The Bertz CT molecular complexity index is 1140. The quantitative estimate of drug-likeness (QED) is 0.0256. The van der Waals surface area contributed by atoms with Crippen LogP contribution in [-0.4, -0.2) is 82.3 Å². The Morgan fingerprint density at radius 2 is 0.625 bits per heavy atom. The van der Waals surface area contributed by atoms with Crippen molar-refractivity contribution in [3.63, 3.8) is 0 Å². The second-order valence-electron chi connectivity index (χ2n) is 23.1. The normalized spacial score (nSPS) is 12.6. The fourth-order valence-corrected chi connectivity index (χ4v) is 9.72. The molecule has 0 radical (unpaired) electrons. The summed E-state index contributed by atoms with van der Waals surface area (Å²) in [5.41, 5.74) is 0. The van der Waals surface area contributed by atoms with E-state index in [0.29, 0.717) is 17.4 Å². The van der Waals surface area contributed by atoms with Gasteiger partial charge in [0.25, 0.3) is 0 Å². The average molecular weight is 1020 g/mol. The summed E-state index contributed by atoms with van der Waals surface area (Å²) in [7, 11) is 5.94.